The number of benzene rings is 2. The van der Waals surface area contributed by atoms with Gasteiger partial charge in [-0.25, -0.2) is 0 Å². The van der Waals surface area contributed by atoms with Crippen LogP contribution in [0.1, 0.15) is 44.2 Å². The monoisotopic (exact) mass is 504 g/mol. The molecule has 1 N–H and O–H groups in total. The van der Waals surface area contributed by atoms with Gasteiger partial charge in [-0.1, -0.05) is 92.4 Å². The van der Waals surface area contributed by atoms with E-state index >= 15 is 0 Å². The maximum atomic E-state index is 10.9. The molecule has 5 unspecified atom stereocenters. The lowest BCUT2D eigenvalue weighted by molar-refractivity contribution is -0.374. The topological polar surface area (TPSA) is 66.4 Å². The van der Waals surface area contributed by atoms with Gasteiger partial charge in [-0.15, -0.1) is 0 Å². The molecule has 0 aromatic heterocycles. The summed E-state index contributed by atoms with van der Waals surface area (Å²) in [7, 11) is 0. The Labute approximate surface area is 219 Å². The number of aliphatic hydroxyl groups is 1. The minimum absolute atomic E-state index is 0.0762. The zero-order valence-electron chi connectivity index (χ0n) is 21.6. The average Bonchev–Trinajstić information content (AvgIpc) is 2.96. The summed E-state index contributed by atoms with van der Waals surface area (Å²) < 4.78 is 31.4. The molecule has 196 valence electrons. The Hall–Kier alpha value is -2.50. The first kappa shape index (κ1) is 26.1. The Bertz CT molecular complexity index is 1120. The molecule has 1 aliphatic heterocycles. The van der Waals surface area contributed by atoms with Crippen molar-refractivity contribution in [3.05, 3.63) is 83.9 Å². The maximum absolute atomic E-state index is 10.9. The summed E-state index contributed by atoms with van der Waals surface area (Å²) in [6.45, 7) is 5.28. The van der Waals surface area contributed by atoms with E-state index in [0.717, 1.165) is 17.5 Å². The number of rotatable bonds is 10. The highest BCUT2D eigenvalue weighted by atomic mass is 16.7. The molecule has 2 aromatic carbocycles. The molecule has 0 radical (unpaired) electrons. The molecule has 0 spiro atoms. The molecule has 6 atom stereocenters. The molecule has 37 heavy (non-hydrogen) atoms. The van der Waals surface area contributed by atoms with Crippen LogP contribution in [0, 0.1) is 23.2 Å². The molecule has 2 fully saturated rings. The van der Waals surface area contributed by atoms with Crippen LogP contribution < -0.4 is 0 Å². The molecule has 0 amide bonds. The highest BCUT2D eigenvalue weighted by molar-refractivity contribution is 5.41. The van der Waals surface area contributed by atoms with E-state index in [2.05, 4.69) is 31.8 Å². The number of hydrogen-bond donors (Lipinski definition) is 1. The second-order valence-electron chi connectivity index (χ2n) is 10.5. The van der Waals surface area contributed by atoms with Gasteiger partial charge in [0.05, 0.1) is 13.2 Å². The molecule has 1 heterocycles. The van der Waals surface area contributed by atoms with E-state index in [1.807, 2.05) is 66.7 Å². The van der Waals surface area contributed by atoms with Crippen LogP contribution in [-0.2, 0) is 36.9 Å². The predicted molar refractivity (Wildman–Crippen MR) is 139 cm³/mol. The second-order valence-corrected chi connectivity index (χ2v) is 10.5. The summed E-state index contributed by atoms with van der Waals surface area (Å²) in [4.78, 5) is 0. The van der Waals surface area contributed by atoms with Crippen LogP contribution in [-0.4, -0.2) is 42.3 Å². The van der Waals surface area contributed by atoms with Crippen molar-refractivity contribution in [3.8, 4) is 11.8 Å². The molecule has 1 saturated heterocycles. The minimum Gasteiger partial charge on any atom is -0.368 e. The summed E-state index contributed by atoms with van der Waals surface area (Å²) >= 11 is 0. The lowest BCUT2D eigenvalue weighted by atomic mass is 9.53. The molecule has 5 rings (SSSR count). The Kier molecular flexibility index (Phi) is 7.83. The third kappa shape index (κ3) is 5.00. The normalized spacial score (nSPS) is 34.2. The quantitative estimate of drug-likeness (QED) is 0.280. The molecule has 1 saturated carbocycles. The van der Waals surface area contributed by atoms with Crippen molar-refractivity contribution in [1.82, 2.24) is 0 Å². The van der Waals surface area contributed by atoms with Crippen molar-refractivity contribution in [2.24, 2.45) is 11.3 Å². The molecule has 2 bridgehead atoms. The van der Waals surface area contributed by atoms with Gasteiger partial charge in [-0.2, -0.15) is 0 Å². The van der Waals surface area contributed by atoms with E-state index in [0.29, 0.717) is 26.1 Å². The lowest BCUT2D eigenvalue weighted by Gasteiger charge is -2.64. The molecule has 2 aromatic rings. The Morgan fingerprint density at radius 3 is 2.30 bits per heavy atom. The van der Waals surface area contributed by atoms with Crippen LogP contribution in [0.25, 0.3) is 0 Å². The zero-order chi connectivity index (χ0) is 25.8. The van der Waals surface area contributed by atoms with Crippen LogP contribution in [0.4, 0.5) is 0 Å². The van der Waals surface area contributed by atoms with Crippen LogP contribution in [0.2, 0.25) is 0 Å². The van der Waals surface area contributed by atoms with Gasteiger partial charge < -0.3 is 28.8 Å². The smallest absolute Gasteiger partial charge is 0.187 e. The van der Waals surface area contributed by atoms with Gasteiger partial charge in [0, 0.05) is 11.8 Å². The standard InChI is InChI=1S/C31H36O6/c1-24-15-18-31(36-23-34-21-26-13-7-4-8-14-26)29(2)16-9-10-17-30(31,37-27(32)19-29)28(24)35-22-33-20-25-11-5-3-6-12-25/h3-9,11-14,16,24,27-28,32H,15,18-23H2,1-2H3/t24?,27?,28?,29?,30?,31-/m0/s1. The highest BCUT2D eigenvalue weighted by Crippen LogP contribution is 2.60. The number of allylic oxidation sites excluding steroid dienone is 1. The van der Waals surface area contributed by atoms with Crippen molar-refractivity contribution in [1.29, 1.82) is 0 Å². The van der Waals surface area contributed by atoms with E-state index in [-0.39, 0.29) is 19.5 Å². The SMILES string of the molecule is CC1CC[C@]2(OCOCc3ccccc3)C3(C)C=CC#CC2(OC(O)C3)C1OCOCc1ccccc1. The van der Waals surface area contributed by atoms with Crippen molar-refractivity contribution < 1.29 is 28.8 Å². The number of aliphatic hydroxyl groups excluding tert-OH is 1. The van der Waals surface area contributed by atoms with Crippen molar-refractivity contribution in [3.63, 3.8) is 0 Å². The van der Waals surface area contributed by atoms with E-state index in [4.69, 9.17) is 23.7 Å². The van der Waals surface area contributed by atoms with E-state index in [9.17, 15) is 5.11 Å². The average molecular weight is 505 g/mol. The molecule has 3 aliphatic rings. The highest BCUT2D eigenvalue weighted by Gasteiger charge is 2.72. The summed E-state index contributed by atoms with van der Waals surface area (Å²) in [5.74, 6) is 6.61. The minimum atomic E-state index is -1.19. The van der Waals surface area contributed by atoms with E-state index < -0.39 is 29.0 Å². The predicted octanol–water partition coefficient (Wildman–Crippen LogP) is 4.96. The Morgan fingerprint density at radius 1 is 0.973 bits per heavy atom. The molecular formula is C31H36O6. The van der Waals surface area contributed by atoms with Crippen LogP contribution in [0.5, 0.6) is 0 Å². The fourth-order valence-corrected chi connectivity index (χ4v) is 6.19. The van der Waals surface area contributed by atoms with E-state index in [1.165, 1.54) is 0 Å². The third-order valence-corrected chi connectivity index (χ3v) is 8.05. The summed E-state index contributed by atoms with van der Waals surface area (Å²) in [6, 6.07) is 20.0. The van der Waals surface area contributed by atoms with Gasteiger partial charge in [-0.3, -0.25) is 0 Å². The third-order valence-electron chi connectivity index (χ3n) is 8.05. The largest absolute Gasteiger partial charge is 0.368 e. The fourth-order valence-electron chi connectivity index (χ4n) is 6.19. The van der Waals surface area contributed by atoms with Crippen molar-refractivity contribution >= 4 is 0 Å². The van der Waals surface area contributed by atoms with Gasteiger partial charge >= 0.3 is 0 Å². The molecular weight excluding hydrogens is 468 g/mol. The zero-order valence-corrected chi connectivity index (χ0v) is 21.6. The van der Waals surface area contributed by atoms with Crippen LogP contribution in [0.15, 0.2) is 72.8 Å². The van der Waals surface area contributed by atoms with Gasteiger partial charge in [-0.05, 0) is 36.0 Å². The lowest BCUT2D eigenvalue weighted by Crippen LogP contribution is -2.76. The molecule has 2 aliphatic carbocycles. The van der Waals surface area contributed by atoms with Gasteiger partial charge in [0.15, 0.2) is 11.9 Å². The van der Waals surface area contributed by atoms with Gasteiger partial charge in [0.25, 0.3) is 0 Å². The van der Waals surface area contributed by atoms with Crippen LogP contribution >= 0.6 is 0 Å². The first-order valence-corrected chi connectivity index (χ1v) is 13.0. The maximum Gasteiger partial charge on any atom is 0.187 e. The summed E-state index contributed by atoms with van der Waals surface area (Å²) in [5, 5.41) is 10.9. The van der Waals surface area contributed by atoms with Crippen molar-refractivity contribution in [2.75, 3.05) is 13.6 Å². The van der Waals surface area contributed by atoms with Gasteiger partial charge in [0.1, 0.15) is 25.3 Å². The van der Waals surface area contributed by atoms with Crippen LogP contribution in [0.3, 0.4) is 0 Å². The summed E-state index contributed by atoms with van der Waals surface area (Å²) in [5.41, 5.74) is -0.459. The first-order chi connectivity index (χ1) is 18.0. The van der Waals surface area contributed by atoms with Gasteiger partial charge in [0.2, 0.25) is 0 Å². The van der Waals surface area contributed by atoms with Crippen molar-refractivity contribution in [2.45, 2.75) is 69.9 Å². The first-order valence-electron chi connectivity index (χ1n) is 13.0. The van der Waals surface area contributed by atoms with E-state index in [1.54, 1.807) is 0 Å². The second kappa shape index (κ2) is 11.1. The Morgan fingerprint density at radius 2 is 1.62 bits per heavy atom. The Balaban J connectivity index is 1.37. The number of hydrogen-bond acceptors (Lipinski definition) is 6. The summed E-state index contributed by atoms with van der Waals surface area (Å²) in [6.07, 6.45) is 4.40. The fraction of sp³-hybridized carbons (Fsp3) is 0.484. The molecule has 6 nitrogen and oxygen atoms in total. The number of ether oxygens (including phenoxy) is 5. The molecule has 6 heteroatoms.